The third-order valence-electron chi connectivity index (χ3n) is 4.22. The van der Waals surface area contributed by atoms with Gasteiger partial charge in [-0.05, 0) is 30.7 Å². The fourth-order valence-corrected chi connectivity index (χ4v) is 2.90. The predicted molar refractivity (Wildman–Crippen MR) is 89.9 cm³/mol. The molecule has 1 saturated heterocycles. The SMILES string of the molecule is Cc1cccc(N2CC(C(=O)NCc3ccccc3F)CC2=O)c1. The first-order valence-corrected chi connectivity index (χ1v) is 7.93. The quantitative estimate of drug-likeness (QED) is 0.939. The summed E-state index contributed by atoms with van der Waals surface area (Å²) in [5.41, 5.74) is 2.31. The van der Waals surface area contributed by atoms with E-state index in [0.717, 1.165) is 11.3 Å². The molecule has 1 N–H and O–H groups in total. The number of amides is 2. The zero-order valence-corrected chi connectivity index (χ0v) is 13.5. The van der Waals surface area contributed by atoms with Gasteiger partial charge in [0, 0.05) is 30.8 Å². The highest BCUT2D eigenvalue weighted by atomic mass is 19.1. The molecule has 1 aliphatic heterocycles. The molecule has 4 nitrogen and oxygen atoms in total. The Morgan fingerprint density at radius 1 is 1.25 bits per heavy atom. The Morgan fingerprint density at radius 3 is 2.79 bits per heavy atom. The van der Waals surface area contributed by atoms with Gasteiger partial charge in [-0.3, -0.25) is 9.59 Å². The Kier molecular flexibility index (Phi) is 4.60. The molecule has 1 atom stereocenters. The fourth-order valence-electron chi connectivity index (χ4n) is 2.90. The van der Waals surface area contributed by atoms with Gasteiger partial charge in [0.15, 0.2) is 0 Å². The van der Waals surface area contributed by atoms with Gasteiger partial charge >= 0.3 is 0 Å². The van der Waals surface area contributed by atoms with Crippen molar-refractivity contribution in [3.8, 4) is 0 Å². The Bertz CT molecular complexity index is 775. The molecule has 0 aliphatic carbocycles. The Hall–Kier alpha value is -2.69. The van der Waals surface area contributed by atoms with Crippen LogP contribution in [0.15, 0.2) is 48.5 Å². The monoisotopic (exact) mass is 326 g/mol. The summed E-state index contributed by atoms with van der Waals surface area (Å²) in [5.74, 6) is -1.04. The van der Waals surface area contributed by atoms with Crippen LogP contribution in [-0.2, 0) is 16.1 Å². The van der Waals surface area contributed by atoms with E-state index in [-0.39, 0.29) is 30.6 Å². The number of anilines is 1. The van der Waals surface area contributed by atoms with Gasteiger partial charge in [0.05, 0.1) is 5.92 Å². The first kappa shape index (κ1) is 16.2. The number of benzene rings is 2. The molecule has 2 aromatic rings. The minimum Gasteiger partial charge on any atom is -0.352 e. The topological polar surface area (TPSA) is 49.4 Å². The lowest BCUT2D eigenvalue weighted by molar-refractivity contribution is -0.126. The summed E-state index contributed by atoms with van der Waals surface area (Å²) in [4.78, 5) is 26.2. The molecule has 124 valence electrons. The third kappa shape index (κ3) is 3.45. The average molecular weight is 326 g/mol. The number of nitrogens with zero attached hydrogens (tertiary/aromatic N) is 1. The number of aryl methyl sites for hydroxylation is 1. The molecule has 0 radical (unpaired) electrons. The Morgan fingerprint density at radius 2 is 2.04 bits per heavy atom. The van der Waals surface area contributed by atoms with E-state index >= 15 is 0 Å². The number of hydrogen-bond acceptors (Lipinski definition) is 2. The number of halogens is 1. The van der Waals surface area contributed by atoms with Crippen molar-refractivity contribution >= 4 is 17.5 Å². The van der Waals surface area contributed by atoms with E-state index in [1.54, 1.807) is 23.1 Å². The lowest BCUT2D eigenvalue weighted by Gasteiger charge is -2.17. The largest absolute Gasteiger partial charge is 0.352 e. The number of rotatable bonds is 4. The molecule has 1 heterocycles. The first-order chi connectivity index (χ1) is 11.5. The van der Waals surface area contributed by atoms with Gasteiger partial charge < -0.3 is 10.2 Å². The van der Waals surface area contributed by atoms with Crippen LogP contribution in [0.2, 0.25) is 0 Å². The van der Waals surface area contributed by atoms with Crippen LogP contribution in [0.3, 0.4) is 0 Å². The second kappa shape index (κ2) is 6.83. The maximum atomic E-state index is 13.6. The van der Waals surface area contributed by atoms with Crippen molar-refractivity contribution in [2.45, 2.75) is 19.9 Å². The summed E-state index contributed by atoms with van der Waals surface area (Å²) >= 11 is 0. The third-order valence-corrected chi connectivity index (χ3v) is 4.22. The number of hydrogen-bond donors (Lipinski definition) is 1. The van der Waals surface area contributed by atoms with Crippen molar-refractivity contribution in [2.75, 3.05) is 11.4 Å². The molecular formula is C19H19FN2O2. The summed E-state index contributed by atoms with van der Waals surface area (Å²) in [7, 11) is 0. The molecule has 0 aromatic heterocycles. The van der Waals surface area contributed by atoms with Crippen molar-refractivity contribution in [3.05, 3.63) is 65.5 Å². The normalized spacial score (nSPS) is 17.2. The van der Waals surface area contributed by atoms with E-state index in [1.807, 2.05) is 31.2 Å². The van der Waals surface area contributed by atoms with Gasteiger partial charge in [0.25, 0.3) is 0 Å². The predicted octanol–water partition coefficient (Wildman–Crippen LogP) is 2.80. The number of nitrogens with one attached hydrogen (secondary N) is 1. The van der Waals surface area contributed by atoms with E-state index in [4.69, 9.17) is 0 Å². The van der Waals surface area contributed by atoms with E-state index in [0.29, 0.717) is 12.1 Å². The van der Waals surface area contributed by atoms with Crippen LogP contribution in [0.5, 0.6) is 0 Å². The van der Waals surface area contributed by atoms with E-state index in [1.165, 1.54) is 6.07 Å². The van der Waals surface area contributed by atoms with Crippen molar-refractivity contribution in [1.82, 2.24) is 5.32 Å². The van der Waals surface area contributed by atoms with Gasteiger partial charge in [0.2, 0.25) is 11.8 Å². The van der Waals surface area contributed by atoms with Crippen molar-refractivity contribution in [2.24, 2.45) is 5.92 Å². The summed E-state index contributed by atoms with van der Waals surface area (Å²) in [6.45, 7) is 2.44. The maximum absolute atomic E-state index is 13.6. The zero-order valence-electron chi connectivity index (χ0n) is 13.5. The second-order valence-electron chi connectivity index (χ2n) is 6.05. The number of carbonyl (C=O) groups is 2. The van der Waals surface area contributed by atoms with Gasteiger partial charge in [0.1, 0.15) is 5.82 Å². The molecular weight excluding hydrogens is 307 g/mol. The molecule has 5 heteroatoms. The summed E-state index contributed by atoms with van der Waals surface area (Å²) < 4.78 is 13.6. The van der Waals surface area contributed by atoms with Crippen LogP contribution in [0.1, 0.15) is 17.5 Å². The summed E-state index contributed by atoms with van der Waals surface area (Å²) in [6, 6.07) is 14.0. The highest BCUT2D eigenvalue weighted by Crippen LogP contribution is 2.25. The Balaban J connectivity index is 1.63. The van der Waals surface area contributed by atoms with Crippen LogP contribution in [0.25, 0.3) is 0 Å². The highest BCUT2D eigenvalue weighted by molar-refractivity contribution is 6.00. The van der Waals surface area contributed by atoms with Gasteiger partial charge in [-0.25, -0.2) is 4.39 Å². The summed E-state index contributed by atoms with van der Waals surface area (Å²) in [5, 5.41) is 2.73. The lowest BCUT2D eigenvalue weighted by atomic mass is 10.1. The Labute approximate surface area is 140 Å². The van der Waals surface area contributed by atoms with Crippen molar-refractivity contribution < 1.29 is 14.0 Å². The van der Waals surface area contributed by atoms with Crippen LogP contribution >= 0.6 is 0 Å². The highest BCUT2D eigenvalue weighted by Gasteiger charge is 2.35. The van der Waals surface area contributed by atoms with E-state index < -0.39 is 5.92 Å². The van der Waals surface area contributed by atoms with Crippen LogP contribution < -0.4 is 10.2 Å². The number of carbonyl (C=O) groups excluding carboxylic acids is 2. The zero-order chi connectivity index (χ0) is 17.1. The van der Waals surface area contributed by atoms with Gasteiger partial charge in [-0.1, -0.05) is 30.3 Å². The first-order valence-electron chi connectivity index (χ1n) is 7.93. The van der Waals surface area contributed by atoms with Gasteiger partial charge in [-0.2, -0.15) is 0 Å². The minimum atomic E-state index is -0.412. The molecule has 3 rings (SSSR count). The van der Waals surface area contributed by atoms with E-state index in [2.05, 4.69) is 5.32 Å². The molecule has 0 spiro atoms. The fraction of sp³-hybridized carbons (Fsp3) is 0.263. The molecule has 0 saturated carbocycles. The van der Waals surface area contributed by atoms with Crippen molar-refractivity contribution in [1.29, 1.82) is 0 Å². The molecule has 2 aromatic carbocycles. The molecule has 1 unspecified atom stereocenters. The average Bonchev–Trinajstić information content (AvgIpc) is 2.96. The minimum absolute atomic E-state index is 0.0633. The molecule has 1 aliphatic rings. The van der Waals surface area contributed by atoms with Crippen LogP contribution in [0.4, 0.5) is 10.1 Å². The van der Waals surface area contributed by atoms with Crippen molar-refractivity contribution in [3.63, 3.8) is 0 Å². The van der Waals surface area contributed by atoms with Crippen LogP contribution in [0, 0.1) is 18.7 Å². The molecule has 2 amide bonds. The standard InChI is InChI=1S/C19H19FN2O2/c1-13-5-4-7-16(9-13)22-12-15(10-18(22)23)19(24)21-11-14-6-2-3-8-17(14)20/h2-9,15H,10-12H2,1H3,(H,21,24). The smallest absolute Gasteiger partial charge is 0.227 e. The molecule has 24 heavy (non-hydrogen) atoms. The molecule has 0 bridgehead atoms. The second-order valence-corrected chi connectivity index (χ2v) is 6.05. The van der Waals surface area contributed by atoms with Crippen LogP contribution in [-0.4, -0.2) is 18.4 Å². The van der Waals surface area contributed by atoms with Gasteiger partial charge in [-0.15, -0.1) is 0 Å². The summed E-state index contributed by atoms with van der Waals surface area (Å²) in [6.07, 6.45) is 0.178. The lowest BCUT2D eigenvalue weighted by Crippen LogP contribution is -2.32. The molecule has 1 fully saturated rings. The maximum Gasteiger partial charge on any atom is 0.227 e. The van der Waals surface area contributed by atoms with E-state index in [9.17, 15) is 14.0 Å².